The van der Waals surface area contributed by atoms with Crippen molar-refractivity contribution in [3.63, 3.8) is 0 Å². The molecule has 0 unspecified atom stereocenters. The van der Waals surface area contributed by atoms with Gasteiger partial charge in [-0.25, -0.2) is 17.1 Å². The maximum Gasteiger partial charge on any atom is 0.308 e. The number of ether oxygens (including phenoxy) is 1. The zero-order chi connectivity index (χ0) is 17.9. The van der Waals surface area contributed by atoms with Crippen LogP contribution in [0.5, 0.6) is 0 Å². The number of halogens is 1. The lowest BCUT2D eigenvalue weighted by atomic mass is 9.89. The van der Waals surface area contributed by atoms with Gasteiger partial charge in [-0.1, -0.05) is 12.1 Å². The smallest absolute Gasteiger partial charge is 0.308 e. The van der Waals surface area contributed by atoms with Crippen LogP contribution in [0.1, 0.15) is 25.3 Å². The van der Waals surface area contributed by atoms with Crippen LogP contribution in [0.3, 0.4) is 0 Å². The largest absolute Gasteiger partial charge is 0.481 e. The summed E-state index contributed by atoms with van der Waals surface area (Å²) < 4.78 is 44.3. The van der Waals surface area contributed by atoms with Crippen molar-refractivity contribution in [2.75, 3.05) is 25.4 Å². The van der Waals surface area contributed by atoms with E-state index in [1.54, 1.807) is 0 Å². The summed E-state index contributed by atoms with van der Waals surface area (Å²) in [6, 6.07) is 5.52. The van der Waals surface area contributed by atoms with Gasteiger partial charge < -0.3 is 9.84 Å². The maximum atomic E-state index is 13.1. The number of aliphatic carboxylic acids is 1. The number of carboxylic acid groups (broad SMARTS) is 1. The molecule has 24 heavy (non-hydrogen) atoms. The van der Waals surface area contributed by atoms with Crippen LogP contribution in [-0.2, 0) is 19.6 Å². The van der Waals surface area contributed by atoms with Gasteiger partial charge in [0, 0.05) is 19.0 Å². The normalized spacial score (nSPS) is 22.2. The second kappa shape index (κ2) is 7.58. The predicted molar refractivity (Wildman–Crippen MR) is 86.7 cm³/mol. The molecule has 1 aromatic rings. The van der Waals surface area contributed by atoms with Gasteiger partial charge in [0.25, 0.3) is 0 Å². The molecule has 0 radical (unpaired) electrons. The van der Waals surface area contributed by atoms with Crippen molar-refractivity contribution >= 4 is 16.0 Å². The number of hydrogen-bond donors (Lipinski definition) is 1. The lowest BCUT2D eigenvalue weighted by molar-refractivity contribution is -0.141. The first-order valence-electron chi connectivity index (χ1n) is 7.78. The molecule has 1 aromatic carbocycles. The van der Waals surface area contributed by atoms with Crippen LogP contribution in [0.4, 0.5) is 4.39 Å². The Morgan fingerprint density at radius 2 is 1.96 bits per heavy atom. The highest BCUT2D eigenvalue weighted by atomic mass is 32.2. The minimum absolute atomic E-state index is 0.0649. The Labute approximate surface area is 141 Å². The number of hydrogen-bond acceptors (Lipinski definition) is 4. The molecule has 2 rings (SSSR count). The molecular formula is C16H22FNO5S. The van der Waals surface area contributed by atoms with E-state index < -0.39 is 33.6 Å². The van der Waals surface area contributed by atoms with Crippen LogP contribution < -0.4 is 0 Å². The molecule has 134 valence electrons. The summed E-state index contributed by atoms with van der Waals surface area (Å²) in [6.07, 6.45) is -0.0718. The Balaban J connectivity index is 2.14. The van der Waals surface area contributed by atoms with Gasteiger partial charge in [-0.3, -0.25) is 4.79 Å². The zero-order valence-corrected chi connectivity index (χ0v) is 14.5. The number of benzene rings is 1. The summed E-state index contributed by atoms with van der Waals surface area (Å²) >= 11 is 0. The third-order valence-corrected chi connectivity index (χ3v) is 5.86. The fraction of sp³-hybridized carbons (Fsp3) is 0.562. The minimum atomic E-state index is -3.60. The van der Waals surface area contributed by atoms with Crippen LogP contribution in [0.25, 0.3) is 0 Å². The molecule has 0 spiro atoms. The van der Waals surface area contributed by atoms with E-state index in [1.807, 2.05) is 13.8 Å². The monoisotopic (exact) mass is 359 g/mol. The third-order valence-electron chi connectivity index (χ3n) is 4.09. The average Bonchev–Trinajstić information content (AvgIpc) is 2.93. The molecule has 1 fully saturated rings. The van der Waals surface area contributed by atoms with E-state index in [2.05, 4.69) is 0 Å². The molecule has 2 atom stereocenters. The van der Waals surface area contributed by atoms with E-state index in [0.717, 1.165) is 0 Å². The second-order valence-electron chi connectivity index (χ2n) is 6.16. The van der Waals surface area contributed by atoms with Gasteiger partial charge in [-0.05, 0) is 31.5 Å². The van der Waals surface area contributed by atoms with Gasteiger partial charge in [0.2, 0.25) is 10.0 Å². The number of nitrogens with zero attached hydrogens (tertiary/aromatic N) is 1. The van der Waals surface area contributed by atoms with E-state index in [-0.39, 0.29) is 31.6 Å². The third kappa shape index (κ3) is 4.52. The summed E-state index contributed by atoms with van der Waals surface area (Å²) in [4.78, 5) is 11.5. The second-order valence-corrected chi connectivity index (χ2v) is 8.24. The molecule has 1 aliphatic rings. The van der Waals surface area contributed by atoms with Crippen LogP contribution in [-0.4, -0.2) is 55.4 Å². The SMILES string of the molecule is CC(C)OCCS(=O)(=O)N1C[C@H](C(=O)O)[C@@H](c2ccc(F)cc2)C1. The van der Waals surface area contributed by atoms with Gasteiger partial charge in [-0.2, -0.15) is 0 Å². The molecule has 8 heteroatoms. The first-order valence-corrected chi connectivity index (χ1v) is 9.39. The lowest BCUT2D eigenvalue weighted by Gasteiger charge is -2.17. The van der Waals surface area contributed by atoms with E-state index in [1.165, 1.54) is 28.6 Å². The highest BCUT2D eigenvalue weighted by Gasteiger charge is 2.42. The van der Waals surface area contributed by atoms with Crippen molar-refractivity contribution in [2.24, 2.45) is 5.92 Å². The van der Waals surface area contributed by atoms with E-state index in [9.17, 15) is 22.7 Å². The number of carboxylic acids is 1. The van der Waals surface area contributed by atoms with Crippen molar-refractivity contribution in [3.8, 4) is 0 Å². The average molecular weight is 359 g/mol. The Bertz CT molecular complexity index is 674. The topological polar surface area (TPSA) is 83.9 Å². The molecule has 1 heterocycles. The highest BCUT2D eigenvalue weighted by molar-refractivity contribution is 7.89. The molecule has 1 N–H and O–H groups in total. The maximum absolute atomic E-state index is 13.1. The molecule has 0 aliphatic carbocycles. The summed E-state index contributed by atoms with van der Waals surface area (Å²) in [7, 11) is -3.60. The van der Waals surface area contributed by atoms with Crippen LogP contribution in [0.2, 0.25) is 0 Å². The van der Waals surface area contributed by atoms with Gasteiger partial charge in [-0.15, -0.1) is 0 Å². The summed E-state index contributed by atoms with van der Waals surface area (Å²) in [5, 5.41) is 9.41. The standard InChI is InChI=1S/C16H22FNO5S/c1-11(2)23-7-8-24(21,22)18-9-14(15(10-18)16(19)20)12-3-5-13(17)6-4-12/h3-6,11,14-15H,7-10H2,1-2H3,(H,19,20)/t14-,15+/m1/s1. The van der Waals surface area contributed by atoms with E-state index in [0.29, 0.717) is 5.56 Å². The van der Waals surface area contributed by atoms with Gasteiger partial charge >= 0.3 is 5.97 Å². The number of sulfonamides is 1. The van der Waals surface area contributed by atoms with Crippen LogP contribution in [0.15, 0.2) is 24.3 Å². The van der Waals surface area contributed by atoms with E-state index >= 15 is 0 Å². The molecule has 6 nitrogen and oxygen atoms in total. The minimum Gasteiger partial charge on any atom is -0.481 e. The van der Waals surface area contributed by atoms with Gasteiger partial charge in [0.1, 0.15) is 5.82 Å². The fourth-order valence-electron chi connectivity index (χ4n) is 2.81. The molecule has 1 saturated heterocycles. The van der Waals surface area contributed by atoms with Crippen LogP contribution >= 0.6 is 0 Å². The first-order chi connectivity index (χ1) is 11.2. The number of rotatable bonds is 7. The van der Waals surface area contributed by atoms with Crippen molar-refractivity contribution < 1.29 is 27.4 Å². The summed E-state index contributed by atoms with van der Waals surface area (Å²) in [5.41, 5.74) is 0.625. The Morgan fingerprint density at radius 1 is 1.33 bits per heavy atom. The molecular weight excluding hydrogens is 337 g/mol. The zero-order valence-electron chi connectivity index (χ0n) is 13.7. The lowest BCUT2D eigenvalue weighted by Crippen LogP contribution is -2.33. The van der Waals surface area contributed by atoms with Crippen molar-refractivity contribution in [2.45, 2.75) is 25.9 Å². The summed E-state index contributed by atoms with van der Waals surface area (Å²) in [6.45, 7) is 3.68. The molecule has 0 aromatic heterocycles. The molecule has 0 bridgehead atoms. The molecule has 0 saturated carbocycles. The van der Waals surface area contributed by atoms with Crippen molar-refractivity contribution in [1.82, 2.24) is 4.31 Å². The van der Waals surface area contributed by atoms with Crippen LogP contribution in [0, 0.1) is 11.7 Å². The van der Waals surface area contributed by atoms with Crippen molar-refractivity contribution in [3.05, 3.63) is 35.6 Å². The Hall–Kier alpha value is -1.51. The summed E-state index contributed by atoms with van der Waals surface area (Å²) in [5.74, 6) is -3.01. The Kier molecular flexibility index (Phi) is 5.95. The quantitative estimate of drug-likeness (QED) is 0.801. The fourth-order valence-corrected chi connectivity index (χ4v) is 4.15. The molecule has 0 amide bonds. The predicted octanol–water partition coefficient (Wildman–Crippen LogP) is 1.68. The van der Waals surface area contributed by atoms with Gasteiger partial charge in [0.15, 0.2) is 0 Å². The highest BCUT2D eigenvalue weighted by Crippen LogP contribution is 2.34. The Morgan fingerprint density at radius 3 is 2.50 bits per heavy atom. The van der Waals surface area contributed by atoms with Crippen molar-refractivity contribution in [1.29, 1.82) is 0 Å². The molecule has 1 aliphatic heterocycles. The number of carbonyl (C=O) groups is 1. The first kappa shape index (κ1) is 18.8. The van der Waals surface area contributed by atoms with E-state index in [4.69, 9.17) is 4.74 Å². The van der Waals surface area contributed by atoms with Gasteiger partial charge in [0.05, 0.1) is 24.4 Å².